The molecule has 9 atom stereocenters. The fraction of sp³-hybridized carbons (Fsp3) is 1.00. The second-order valence-corrected chi connectivity index (χ2v) is 9.99. The van der Waals surface area contributed by atoms with Crippen molar-refractivity contribution in [3.8, 4) is 0 Å². The van der Waals surface area contributed by atoms with E-state index in [2.05, 4.69) is 13.8 Å². The summed E-state index contributed by atoms with van der Waals surface area (Å²) in [6, 6.07) is 0. The van der Waals surface area contributed by atoms with Crippen LogP contribution in [0.4, 0.5) is 0 Å². The van der Waals surface area contributed by atoms with Crippen LogP contribution in [-0.2, 0) is 0 Å². The van der Waals surface area contributed by atoms with Gasteiger partial charge >= 0.3 is 0 Å². The minimum atomic E-state index is -0.548. The molecule has 4 fully saturated rings. The maximum atomic E-state index is 10.9. The molecule has 0 radical (unpaired) electrons. The first kappa shape index (κ1) is 16.4. The van der Waals surface area contributed by atoms with Crippen LogP contribution in [0.15, 0.2) is 0 Å². The van der Waals surface area contributed by atoms with E-state index in [9.17, 15) is 15.3 Å². The quantitative estimate of drug-likeness (QED) is 0.642. The van der Waals surface area contributed by atoms with Gasteiger partial charge in [0, 0.05) is 0 Å². The van der Waals surface area contributed by atoms with Crippen molar-refractivity contribution in [2.45, 2.75) is 89.9 Å². The molecule has 0 aliphatic heterocycles. The molecule has 3 heteroatoms. The van der Waals surface area contributed by atoms with E-state index in [1.807, 2.05) is 6.92 Å². The van der Waals surface area contributed by atoms with E-state index in [1.54, 1.807) is 0 Å². The lowest BCUT2D eigenvalue weighted by Gasteiger charge is -2.62. The smallest absolute Gasteiger partial charge is 0.0675 e. The van der Waals surface area contributed by atoms with Gasteiger partial charge in [-0.3, -0.25) is 0 Å². The fourth-order valence-electron chi connectivity index (χ4n) is 7.52. The summed E-state index contributed by atoms with van der Waals surface area (Å²) in [7, 11) is 0. The molecule has 0 aromatic rings. The van der Waals surface area contributed by atoms with E-state index in [4.69, 9.17) is 0 Å². The van der Waals surface area contributed by atoms with Crippen molar-refractivity contribution in [3.05, 3.63) is 0 Å². The maximum absolute atomic E-state index is 10.9. The molecule has 9 unspecified atom stereocenters. The second kappa shape index (κ2) is 4.95. The van der Waals surface area contributed by atoms with Gasteiger partial charge < -0.3 is 15.3 Å². The Hall–Kier alpha value is -0.120. The average molecular weight is 322 g/mol. The third-order valence-electron chi connectivity index (χ3n) is 9.21. The first-order chi connectivity index (χ1) is 10.7. The lowest BCUT2D eigenvalue weighted by molar-refractivity contribution is -0.185. The topological polar surface area (TPSA) is 60.7 Å². The highest BCUT2D eigenvalue weighted by Crippen LogP contribution is 2.68. The summed E-state index contributed by atoms with van der Waals surface area (Å²) in [5, 5.41) is 31.9. The van der Waals surface area contributed by atoms with Gasteiger partial charge in [-0.05, 0) is 92.8 Å². The zero-order valence-corrected chi connectivity index (χ0v) is 15.0. The first-order valence-corrected chi connectivity index (χ1v) is 9.77. The summed E-state index contributed by atoms with van der Waals surface area (Å²) in [5.41, 5.74) is -0.350. The van der Waals surface area contributed by atoms with Crippen molar-refractivity contribution in [3.63, 3.8) is 0 Å². The molecule has 4 rings (SSSR count). The van der Waals surface area contributed by atoms with Gasteiger partial charge in [-0.1, -0.05) is 13.8 Å². The molecule has 0 saturated heterocycles. The van der Waals surface area contributed by atoms with Crippen molar-refractivity contribution in [1.29, 1.82) is 0 Å². The Morgan fingerprint density at radius 3 is 2.22 bits per heavy atom. The van der Waals surface area contributed by atoms with Gasteiger partial charge in [0.25, 0.3) is 0 Å². The van der Waals surface area contributed by atoms with Gasteiger partial charge in [0.1, 0.15) is 0 Å². The summed E-state index contributed by atoms with van der Waals surface area (Å²) in [6.07, 6.45) is 7.43. The zero-order chi connectivity index (χ0) is 16.6. The minimum absolute atomic E-state index is 0.0191. The van der Waals surface area contributed by atoms with Crippen LogP contribution in [0.25, 0.3) is 0 Å². The highest BCUT2D eigenvalue weighted by Gasteiger charge is 2.64. The van der Waals surface area contributed by atoms with Crippen molar-refractivity contribution in [1.82, 2.24) is 0 Å². The minimum Gasteiger partial charge on any atom is -0.393 e. The highest BCUT2D eigenvalue weighted by molar-refractivity contribution is 5.14. The van der Waals surface area contributed by atoms with Gasteiger partial charge in [-0.15, -0.1) is 0 Å². The molecule has 23 heavy (non-hydrogen) atoms. The molecule has 132 valence electrons. The summed E-state index contributed by atoms with van der Waals surface area (Å²) in [5.74, 6) is 2.03. The van der Waals surface area contributed by atoms with E-state index in [0.29, 0.717) is 17.8 Å². The van der Waals surface area contributed by atoms with Crippen molar-refractivity contribution in [2.24, 2.45) is 34.5 Å². The molecule has 0 heterocycles. The highest BCUT2D eigenvalue weighted by atomic mass is 16.3. The summed E-state index contributed by atoms with van der Waals surface area (Å²) in [4.78, 5) is 0. The Bertz CT molecular complexity index is 489. The molecule has 0 aromatic heterocycles. The summed E-state index contributed by atoms with van der Waals surface area (Å²) in [6.45, 7) is 6.72. The van der Waals surface area contributed by atoms with Crippen LogP contribution < -0.4 is 0 Å². The molecular weight excluding hydrogens is 288 g/mol. The lowest BCUT2D eigenvalue weighted by atomic mass is 9.44. The number of hydrogen-bond donors (Lipinski definition) is 3. The molecule has 0 amide bonds. The van der Waals surface area contributed by atoms with E-state index in [1.165, 1.54) is 6.42 Å². The van der Waals surface area contributed by atoms with Crippen LogP contribution in [0.1, 0.15) is 72.1 Å². The van der Waals surface area contributed by atoms with Gasteiger partial charge in [0.05, 0.1) is 17.8 Å². The molecule has 0 spiro atoms. The van der Waals surface area contributed by atoms with Gasteiger partial charge in [0.2, 0.25) is 0 Å². The third kappa shape index (κ3) is 2.05. The van der Waals surface area contributed by atoms with Crippen molar-refractivity contribution >= 4 is 0 Å². The lowest BCUT2D eigenvalue weighted by Crippen LogP contribution is -2.59. The Balaban J connectivity index is 1.68. The Labute approximate surface area is 140 Å². The predicted octanol–water partition coefficient (Wildman–Crippen LogP) is 3.11. The van der Waals surface area contributed by atoms with Crippen LogP contribution in [0, 0.1) is 34.5 Å². The fourth-order valence-corrected chi connectivity index (χ4v) is 7.52. The van der Waals surface area contributed by atoms with Crippen LogP contribution in [0.5, 0.6) is 0 Å². The third-order valence-corrected chi connectivity index (χ3v) is 9.21. The van der Waals surface area contributed by atoms with Gasteiger partial charge in [0.15, 0.2) is 0 Å². The number of aliphatic hydroxyl groups is 3. The number of hydrogen-bond acceptors (Lipinski definition) is 3. The molecule has 3 nitrogen and oxygen atoms in total. The second-order valence-electron chi connectivity index (χ2n) is 9.99. The molecule has 4 aliphatic carbocycles. The average Bonchev–Trinajstić information content (AvgIpc) is 2.72. The van der Waals surface area contributed by atoms with Crippen LogP contribution >= 0.6 is 0 Å². The monoisotopic (exact) mass is 322 g/mol. The SMILES string of the molecule is CC12CCC(O)CC1C(O)CC1C2CCC2(C)C1CCC2(C)O. The normalized spacial score (nSPS) is 62.3. The summed E-state index contributed by atoms with van der Waals surface area (Å²) < 4.78 is 0. The molecule has 0 bridgehead atoms. The summed E-state index contributed by atoms with van der Waals surface area (Å²) >= 11 is 0. The molecule has 3 N–H and O–H groups in total. The largest absolute Gasteiger partial charge is 0.393 e. The number of fused-ring (bicyclic) bond motifs is 5. The first-order valence-electron chi connectivity index (χ1n) is 9.77. The van der Waals surface area contributed by atoms with Gasteiger partial charge in [-0.25, -0.2) is 0 Å². The Kier molecular flexibility index (Phi) is 3.52. The van der Waals surface area contributed by atoms with E-state index < -0.39 is 5.60 Å². The molecule has 4 aliphatic rings. The molecule has 4 saturated carbocycles. The van der Waals surface area contributed by atoms with E-state index >= 15 is 0 Å². The zero-order valence-electron chi connectivity index (χ0n) is 15.0. The van der Waals surface area contributed by atoms with E-state index in [0.717, 1.165) is 44.9 Å². The maximum Gasteiger partial charge on any atom is 0.0675 e. The Morgan fingerprint density at radius 1 is 0.783 bits per heavy atom. The Morgan fingerprint density at radius 2 is 1.48 bits per heavy atom. The van der Waals surface area contributed by atoms with Crippen molar-refractivity contribution in [2.75, 3.05) is 0 Å². The molecule has 0 aromatic carbocycles. The standard InChI is InChI=1S/C20H34O3/c1-18-7-4-12(21)10-16(18)17(22)11-13-14(18)5-8-19(2)15(13)6-9-20(19,3)23/h12-17,21-23H,4-11H2,1-3H3. The van der Waals surface area contributed by atoms with E-state index in [-0.39, 0.29) is 29.0 Å². The molecular formula is C20H34O3. The predicted molar refractivity (Wildman–Crippen MR) is 89.7 cm³/mol. The van der Waals surface area contributed by atoms with Crippen molar-refractivity contribution < 1.29 is 15.3 Å². The number of aliphatic hydroxyl groups excluding tert-OH is 2. The van der Waals surface area contributed by atoms with Gasteiger partial charge in [-0.2, -0.15) is 0 Å². The van der Waals surface area contributed by atoms with Crippen LogP contribution in [-0.4, -0.2) is 33.1 Å². The van der Waals surface area contributed by atoms with Crippen LogP contribution in [0.3, 0.4) is 0 Å². The van der Waals surface area contributed by atoms with Crippen LogP contribution in [0.2, 0.25) is 0 Å². The number of rotatable bonds is 0.